The van der Waals surface area contributed by atoms with Gasteiger partial charge < -0.3 is 4.74 Å². The maximum Gasteiger partial charge on any atom is 0.149 e. The van der Waals surface area contributed by atoms with Crippen LogP contribution in [0.3, 0.4) is 0 Å². The molecule has 0 amide bonds. The lowest BCUT2D eigenvalue weighted by Crippen LogP contribution is -2.08. The summed E-state index contributed by atoms with van der Waals surface area (Å²) in [5.41, 5.74) is 1.95. The maximum absolute atomic E-state index is 5.36. The summed E-state index contributed by atoms with van der Waals surface area (Å²) < 4.78 is 5.36. The molecule has 1 aromatic rings. The van der Waals surface area contributed by atoms with E-state index in [4.69, 9.17) is 4.74 Å². The average molecular weight is 232 g/mol. The predicted octanol–water partition coefficient (Wildman–Crippen LogP) is 4.42. The Morgan fingerprint density at radius 2 is 1.94 bits per heavy atom. The maximum atomic E-state index is 5.36. The molecule has 1 aromatic carbocycles. The molecule has 1 aliphatic carbocycles. The molecule has 0 aromatic heterocycles. The molecular weight excluding hydrogens is 212 g/mol. The number of hydrogen-bond acceptors (Lipinski definition) is 3. The van der Waals surface area contributed by atoms with Crippen molar-refractivity contribution >= 4 is 5.69 Å². The number of azo groups is 1. The lowest BCUT2D eigenvalue weighted by molar-refractivity contribution is 0.410. The number of aryl methyl sites for hydroxylation is 1. The highest BCUT2D eigenvalue weighted by Gasteiger charge is 2.12. The van der Waals surface area contributed by atoms with Gasteiger partial charge in [0.25, 0.3) is 0 Å². The van der Waals surface area contributed by atoms with Crippen molar-refractivity contribution in [1.29, 1.82) is 0 Å². The first-order valence-electron chi connectivity index (χ1n) is 6.35. The normalized spacial score (nSPS) is 17.5. The van der Waals surface area contributed by atoms with Crippen LogP contribution in [0.5, 0.6) is 5.75 Å². The van der Waals surface area contributed by atoms with Gasteiger partial charge in [-0.05, 0) is 31.4 Å². The molecule has 0 bridgehead atoms. The van der Waals surface area contributed by atoms with Crippen LogP contribution in [0, 0.1) is 6.92 Å². The molecule has 0 saturated heterocycles. The fraction of sp³-hybridized carbons (Fsp3) is 0.571. The van der Waals surface area contributed by atoms with Crippen LogP contribution in [0.4, 0.5) is 5.69 Å². The van der Waals surface area contributed by atoms with Gasteiger partial charge in [0.2, 0.25) is 0 Å². The van der Waals surface area contributed by atoms with Crippen molar-refractivity contribution < 1.29 is 4.74 Å². The second kappa shape index (κ2) is 5.80. The summed E-state index contributed by atoms with van der Waals surface area (Å²) in [6.07, 6.45) is 6.28. The van der Waals surface area contributed by atoms with Crippen LogP contribution in [0.25, 0.3) is 0 Å². The lowest BCUT2D eigenvalue weighted by Gasteiger charge is -2.16. The number of hydrogen-bond donors (Lipinski definition) is 0. The van der Waals surface area contributed by atoms with Crippen LogP contribution in [0.1, 0.15) is 37.7 Å². The minimum Gasteiger partial charge on any atom is -0.494 e. The number of rotatable bonds is 3. The van der Waals surface area contributed by atoms with E-state index in [1.807, 2.05) is 25.1 Å². The van der Waals surface area contributed by atoms with E-state index >= 15 is 0 Å². The Labute approximate surface area is 103 Å². The highest BCUT2D eigenvalue weighted by molar-refractivity contribution is 5.55. The van der Waals surface area contributed by atoms with Gasteiger partial charge in [0.05, 0.1) is 13.2 Å². The minimum absolute atomic E-state index is 0.411. The van der Waals surface area contributed by atoms with Crippen molar-refractivity contribution in [1.82, 2.24) is 0 Å². The van der Waals surface area contributed by atoms with Crippen molar-refractivity contribution in [3.8, 4) is 5.75 Å². The Morgan fingerprint density at radius 1 is 1.18 bits per heavy atom. The molecule has 0 spiro atoms. The van der Waals surface area contributed by atoms with E-state index in [0.717, 1.165) is 17.0 Å². The van der Waals surface area contributed by atoms with Crippen LogP contribution >= 0.6 is 0 Å². The van der Waals surface area contributed by atoms with Gasteiger partial charge >= 0.3 is 0 Å². The molecule has 1 fully saturated rings. The van der Waals surface area contributed by atoms with E-state index < -0.39 is 0 Å². The molecule has 2 rings (SSSR count). The zero-order valence-corrected chi connectivity index (χ0v) is 10.6. The molecule has 3 nitrogen and oxygen atoms in total. The number of nitrogens with zero attached hydrogens (tertiary/aromatic N) is 2. The van der Waals surface area contributed by atoms with Gasteiger partial charge in [-0.1, -0.05) is 31.4 Å². The van der Waals surface area contributed by atoms with Crippen molar-refractivity contribution in [2.45, 2.75) is 45.1 Å². The summed E-state index contributed by atoms with van der Waals surface area (Å²) in [4.78, 5) is 0. The Bertz CT molecular complexity index is 395. The van der Waals surface area contributed by atoms with Crippen molar-refractivity contribution in [2.75, 3.05) is 7.11 Å². The van der Waals surface area contributed by atoms with E-state index in [0.29, 0.717) is 6.04 Å². The van der Waals surface area contributed by atoms with Gasteiger partial charge in [0.1, 0.15) is 11.4 Å². The second-order valence-electron chi connectivity index (χ2n) is 4.63. The molecule has 1 aliphatic rings. The molecule has 1 saturated carbocycles. The third-order valence-electron chi connectivity index (χ3n) is 3.30. The van der Waals surface area contributed by atoms with Gasteiger partial charge in [-0.15, -0.1) is 0 Å². The van der Waals surface area contributed by atoms with Crippen molar-refractivity contribution in [3.63, 3.8) is 0 Å². The molecule has 3 heteroatoms. The number of benzene rings is 1. The molecule has 17 heavy (non-hydrogen) atoms. The van der Waals surface area contributed by atoms with Crippen LogP contribution in [0.15, 0.2) is 28.4 Å². The topological polar surface area (TPSA) is 34.0 Å². The Kier molecular flexibility index (Phi) is 4.13. The van der Waals surface area contributed by atoms with E-state index in [1.165, 1.54) is 32.1 Å². The predicted molar refractivity (Wildman–Crippen MR) is 69.1 cm³/mol. The minimum atomic E-state index is 0.411. The lowest BCUT2D eigenvalue weighted by atomic mass is 9.96. The van der Waals surface area contributed by atoms with Gasteiger partial charge in [0.15, 0.2) is 0 Å². The van der Waals surface area contributed by atoms with Gasteiger partial charge in [0, 0.05) is 0 Å². The molecule has 0 aliphatic heterocycles. The number of ether oxygens (including phenoxy) is 1. The molecule has 0 radical (unpaired) electrons. The molecule has 92 valence electrons. The zero-order chi connectivity index (χ0) is 12.1. The molecule has 0 heterocycles. The SMILES string of the molecule is COc1c(C)cccc1N=NC1CCCCC1. The number of para-hydroxylation sites is 1. The molecular formula is C14H20N2O. The third kappa shape index (κ3) is 3.05. The van der Waals surface area contributed by atoms with E-state index in [-0.39, 0.29) is 0 Å². The summed E-state index contributed by atoms with van der Waals surface area (Å²) in [7, 11) is 1.68. The largest absolute Gasteiger partial charge is 0.494 e. The summed E-state index contributed by atoms with van der Waals surface area (Å²) in [6.45, 7) is 2.03. The Balaban J connectivity index is 2.11. The smallest absolute Gasteiger partial charge is 0.149 e. The third-order valence-corrected chi connectivity index (χ3v) is 3.30. The van der Waals surface area contributed by atoms with Crippen LogP contribution in [-0.4, -0.2) is 13.2 Å². The van der Waals surface area contributed by atoms with E-state index in [2.05, 4.69) is 10.2 Å². The first-order chi connectivity index (χ1) is 8.31. The van der Waals surface area contributed by atoms with Crippen LogP contribution in [0.2, 0.25) is 0 Å². The highest BCUT2D eigenvalue weighted by Crippen LogP contribution is 2.31. The number of methoxy groups -OCH3 is 1. The fourth-order valence-electron chi connectivity index (χ4n) is 2.32. The summed E-state index contributed by atoms with van der Waals surface area (Å²) in [5, 5.41) is 8.81. The highest BCUT2D eigenvalue weighted by atomic mass is 16.5. The van der Waals surface area contributed by atoms with E-state index in [1.54, 1.807) is 7.11 Å². The first-order valence-corrected chi connectivity index (χ1v) is 6.35. The van der Waals surface area contributed by atoms with Gasteiger partial charge in [-0.2, -0.15) is 10.2 Å². The van der Waals surface area contributed by atoms with E-state index in [9.17, 15) is 0 Å². The standard InChI is InChI=1S/C14H20N2O/c1-11-7-6-10-13(14(11)17-2)16-15-12-8-4-3-5-9-12/h6-7,10,12H,3-5,8-9H2,1-2H3. The fourth-order valence-corrected chi connectivity index (χ4v) is 2.32. The second-order valence-corrected chi connectivity index (χ2v) is 4.63. The average Bonchev–Trinajstić information content (AvgIpc) is 2.37. The molecule has 0 N–H and O–H groups in total. The molecule has 0 atom stereocenters. The van der Waals surface area contributed by atoms with Gasteiger partial charge in [-0.25, -0.2) is 0 Å². The summed E-state index contributed by atoms with van der Waals surface area (Å²) in [6, 6.07) is 6.39. The van der Waals surface area contributed by atoms with Crippen molar-refractivity contribution in [2.24, 2.45) is 10.2 Å². The summed E-state index contributed by atoms with van der Waals surface area (Å²) in [5.74, 6) is 0.840. The molecule has 0 unspecified atom stereocenters. The van der Waals surface area contributed by atoms with Crippen molar-refractivity contribution in [3.05, 3.63) is 23.8 Å². The monoisotopic (exact) mass is 232 g/mol. The zero-order valence-electron chi connectivity index (χ0n) is 10.6. The van der Waals surface area contributed by atoms with Crippen LogP contribution < -0.4 is 4.74 Å². The van der Waals surface area contributed by atoms with Gasteiger partial charge in [-0.3, -0.25) is 0 Å². The quantitative estimate of drug-likeness (QED) is 0.710. The summed E-state index contributed by atoms with van der Waals surface area (Å²) >= 11 is 0. The van der Waals surface area contributed by atoms with Crippen LogP contribution in [-0.2, 0) is 0 Å². The Morgan fingerprint density at radius 3 is 2.65 bits per heavy atom. The Hall–Kier alpha value is -1.38. The first kappa shape index (κ1) is 12.1.